The topological polar surface area (TPSA) is 97.8 Å². The Hall–Kier alpha value is -3.42. The number of amides is 2. The highest BCUT2D eigenvalue weighted by Gasteiger charge is 2.28. The molecule has 27 heavy (non-hydrogen) atoms. The minimum Gasteiger partial charge on any atom is -0.480 e. The van der Waals surface area contributed by atoms with Gasteiger partial charge in [-0.3, -0.25) is 14.5 Å². The van der Waals surface area contributed by atoms with Gasteiger partial charge >= 0.3 is 5.97 Å². The van der Waals surface area contributed by atoms with E-state index in [4.69, 9.17) is 9.47 Å². The molecule has 1 aromatic heterocycles. The lowest BCUT2D eigenvalue weighted by Crippen LogP contribution is -2.43. The highest BCUT2D eigenvalue weighted by atomic mass is 16.5. The van der Waals surface area contributed by atoms with Gasteiger partial charge in [-0.2, -0.15) is 0 Å². The lowest BCUT2D eigenvalue weighted by atomic mass is 10.2. The van der Waals surface area contributed by atoms with Gasteiger partial charge < -0.3 is 14.8 Å². The molecule has 1 N–H and O–H groups in total. The maximum Gasteiger partial charge on any atom is 0.338 e. The smallest absolute Gasteiger partial charge is 0.338 e. The van der Waals surface area contributed by atoms with Crippen LogP contribution in [0.3, 0.4) is 0 Å². The van der Waals surface area contributed by atoms with E-state index < -0.39 is 11.9 Å². The Morgan fingerprint density at radius 1 is 1.30 bits per heavy atom. The lowest BCUT2D eigenvalue weighted by Gasteiger charge is -2.27. The van der Waals surface area contributed by atoms with Crippen LogP contribution >= 0.6 is 0 Å². The van der Waals surface area contributed by atoms with Gasteiger partial charge in [0.05, 0.1) is 12.2 Å². The molecule has 8 heteroatoms. The van der Waals surface area contributed by atoms with Crippen LogP contribution in [0.1, 0.15) is 23.7 Å². The SMILES string of the molecule is CCCOC(=O)c1cccc(NC(=O)CN2C(=O)COc3cccnc32)c1. The number of rotatable bonds is 6. The second-order valence-corrected chi connectivity index (χ2v) is 5.86. The van der Waals surface area contributed by atoms with Gasteiger partial charge in [-0.05, 0) is 36.8 Å². The van der Waals surface area contributed by atoms with Crippen LogP contribution in [0.15, 0.2) is 42.6 Å². The van der Waals surface area contributed by atoms with E-state index in [2.05, 4.69) is 10.3 Å². The molecule has 0 fully saturated rings. The van der Waals surface area contributed by atoms with E-state index >= 15 is 0 Å². The molecule has 2 amide bonds. The zero-order valence-electron chi connectivity index (χ0n) is 14.8. The summed E-state index contributed by atoms with van der Waals surface area (Å²) in [6.45, 7) is 1.88. The van der Waals surface area contributed by atoms with E-state index in [9.17, 15) is 14.4 Å². The van der Waals surface area contributed by atoms with Crippen molar-refractivity contribution in [1.29, 1.82) is 0 Å². The van der Waals surface area contributed by atoms with Gasteiger partial charge in [-0.15, -0.1) is 0 Å². The molecule has 2 heterocycles. The third-order valence-electron chi connectivity index (χ3n) is 3.78. The summed E-state index contributed by atoms with van der Waals surface area (Å²) < 4.78 is 10.4. The summed E-state index contributed by atoms with van der Waals surface area (Å²) in [7, 11) is 0. The first-order valence-corrected chi connectivity index (χ1v) is 8.53. The fourth-order valence-electron chi connectivity index (χ4n) is 2.54. The molecule has 8 nitrogen and oxygen atoms in total. The molecule has 0 aliphatic carbocycles. The van der Waals surface area contributed by atoms with Crippen LogP contribution in [-0.2, 0) is 14.3 Å². The minimum atomic E-state index is -0.450. The third-order valence-corrected chi connectivity index (χ3v) is 3.78. The van der Waals surface area contributed by atoms with Crippen LogP contribution in [0.2, 0.25) is 0 Å². The van der Waals surface area contributed by atoms with Crippen molar-refractivity contribution in [2.75, 3.05) is 30.0 Å². The Labute approximate surface area is 156 Å². The molecule has 1 aliphatic rings. The van der Waals surface area contributed by atoms with E-state index in [0.29, 0.717) is 29.4 Å². The molecule has 0 radical (unpaired) electrons. The van der Waals surface area contributed by atoms with Crippen LogP contribution < -0.4 is 15.0 Å². The van der Waals surface area contributed by atoms with Gasteiger partial charge in [-0.25, -0.2) is 9.78 Å². The van der Waals surface area contributed by atoms with Gasteiger partial charge in [-0.1, -0.05) is 13.0 Å². The van der Waals surface area contributed by atoms with Crippen molar-refractivity contribution in [2.24, 2.45) is 0 Å². The van der Waals surface area contributed by atoms with Crippen molar-refractivity contribution < 1.29 is 23.9 Å². The Bertz CT molecular complexity index is 868. The number of hydrogen-bond donors (Lipinski definition) is 1. The average molecular weight is 369 g/mol. The zero-order valence-corrected chi connectivity index (χ0v) is 14.8. The number of carbonyl (C=O) groups is 3. The average Bonchev–Trinajstić information content (AvgIpc) is 2.68. The van der Waals surface area contributed by atoms with Crippen molar-refractivity contribution in [1.82, 2.24) is 4.98 Å². The molecule has 1 aliphatic heterocycles. The Morgan fingerprint density at radius 2 is 2.15 bits per heavy atom. The summed E-state index contributed by atoms with van der Waals surface area (Å²) in [4.78, 5) is 41.8. The normalized spacial score (nSPS) is 12.8. The molecular formula is C19H19N3O5. The number of nitrogens with one attached hydrogen (secondary N) is 1. The lowest BCUT2D eigenvalue weighted by molar-refractivity contribution is -0.123. The largest absolute Gasteiger partial charge is 0.480 e. The van der Waals surface area contributed by atoms with Crippen LogP contribution in [0, 0.1) is 0 Å². The van der Waals surface area contributed by atoms with Gasteiger partial charge in [0.1, 0.15) is 6.54 Å². The molecular weight excluding hydrogens is 350 g/mol. The first kappa shape index (κ1) is 18.4. The van der Waals surface area contributed by atoms with Crippen molar-refractivity contribution >= 4 is 29.3 Å². The number of esters is 1. The van der Waals surface area contributed by atoms with Gasteiger partial charge in [0.25, 0.3) is 5.91 Å². The second kappa shape index (κ2) is 8.31. The highest BCUT2D eigenvalue weighted by Crippen LogP contribution is 2.28. The monoisotopic (exact) mass is 369 g/mol. The van der Waals surface area contributed by atoms with Crippen LogP contribution in [0.5, 0.6) is 5.75 Å². The van der Waals surface area contributed by atoms with Crippen molar-refractivity contribution in [3.8, 4) is 5.75 Å². The molecule has 2 aromatic rings. The maximum absolute atomic E-state index is 12.4. The highest BCUT2D eigenvalue weighted by molar-refractivity contribution is 6.04. The molecule has 0 bridgehead atoms. The summed E-state index contributed by atoms with van der Waals surface area (Å²) in [6, 6.07) is 9.82. The van der Waals surface area contributed by atoms with Crippen molar-refractivity contribution in [2.45, 2.75) is 13.3 Å². The van der Waals surface area contributed by atoms with E-state index in [1.165, 1.54) is 17.2 Å². The molecule has 140 valence electrons. The molecule has 0 saturated heterocycles. The summed E-state index contributed by atoms with van der Waals surface area (Å²) in [6.07, 6.45) is 2.25. The third kappa shape index (κ3) is 4.41. The van der Waals surface area contributed by atoms with Gasteiger partial charge in [0.2, 0.25) is 5.91 Å². The molecule has 0 unspecified atom stereocenters. The number of carbonyl (C=O) groups excluding carboxylic acids is 3. The zero-order chi connectivity index (χ0) is 19.2. The van der Waals surface area contributed by atoms with Crippen molar-refractivity contribution in [3.05, 3.63) is 48.2 Å². The summed E-state index contributed by atoms with van der Waals surface area (Å²) in [5.41, 5.74) is 0.781. The molecule has 0 saturated carbocycles. The number of anilines is 2. The van der Waals surface area contributed by atoms with Crippen LogP contribution in [0.25, 0.3) is 0 Å². The predicted molar refractivity (Wildman–Crippen MR) is 97.7 cm³/mol. The Kier molecular flexibility index (Phi) is 5.65. The number of hydrogen-bond acceptors (Lipinski definition) is 6. The molecule has 1 aromatic carbocycles. The Morgan fingerprint density at radius 3 is 2.96 bits per heavy atom. The van der Waals surface area contributed by atoms with E-state index in [1.54, 1.807) is 30.3 Å². The minimum absolute atomic E-state index is 0.148. The standard InChI is InChI=1S/C19H19N3O5/c1-2-9-26-19(25)13-5-3-6-14(10-13)21-16(23)11-22-17(24)12-27-15-7-4-8-20-18(15)22/h3-8,10H,2,9,11-12H2,1H3,(H,21,23). The number of pyridine rings is 1. The van der Waals surface area contributed by atoms with Gasteiger partial charge in [0, 0.05) is 11.9 Å². The second-order valence-electron chi connectivity index (χ2n) is 5.86. The van der Waals surface area contributed by atoms with Crippen LogP contribution in [0.4, 0.5) is 11.5 Å². The quantitative estimate of drug-likeness (QED) is 0.782. The number of fused-ring (bicyclic) bond motifs is 1. The number of aromatic nitrogens is 1. The van der Waals surface area contributed by atoms with E-state index in [1.807, 2.05) is 6.92 Å². The fourth-order valence-corrected chi connectivity index (χ4v) is 2.54. The van der Waals surface area contributed by atoms with E-state index in [-0.39, 0.29) is 19.1 Å². The molecule has 0 spiro atoms. The first-order valence-electron chi connectivity index (χ1n) is 8.53. The first-order chi connectivity index (χ1) is 13.1. The molecule has 0 atom stereocenters. The van der Waals surface area contributed by atoms with E-state index in [0.717, 1.165) is 6.42 Å². The van der Waals surface area contributed by atoms with Crippen molar-refractivity contribution in [3.63, 3.8) is 0 Å². The summed E-state index contributed by atoms with van der Waals surface area (Å²) in [5, 5.41) is 2.68. The van der Waals surface area contributed by atoms with Crippen LogP contribution in [-0.4, -0.2) is 42.5 Å². The summed E-state index contributed by atoms with van der Waals surface area (Å²) >= 11 is 0. The summed E-state index contributed by atoms with van der Waals surface area (Å²) in [5.74, 6) is -0.463. The Balaban J connectivity index is 1.68. The maximum atomic E-state index is 12.4. The number of benzene rings is 1. The number of nitrogens with zero attached hydrogens (tertiary/aromatic N) is 2. The van der Waals surface area contributed by atoms with Gasteiger partial charge in [0.15, 0.2) is 18.2 Å². The fraction of sp³-hybridized carbons (Fsp3) is 0.263. The molecule has 3 rings (SSSR count). The number of ether oxygens (including phenoxy) is 2. The predicted octanol–water partition coefficient (Wildman–Crippen LogP) is 2.01.